The third-order valence-electron chi connectivity index (χ3n) is 4.70. The highest BCUT2D eigenvalue weighted by atomic mass is 35.5. The number of hydrogen-bond acceptors (Lipinski definition) is 5. The monoisotopic (exact) mass is 429 g/mol. The summed E-state index contributed by atoms with van der Waals surface area (Å²) in [6, 6.07) is 20.9. The molecular formula is C24H20ClN5O. The van der Waals surface area contributed by atoms with Crippen LogP contribution in [-0.2, 0) is 6.54 Å². The molecule has 0 aliphatic carbocycles. The molecule has 0 aliphatic rings. The van der Waals surface area contributed by atoms with E-state index in [9.17, 15) is 4.79 Å². The number of nitrogens with zero attached hydrogens (tertiary/aromatic N) is 3. The van der Waals surface area contributed by atoms with E-state index in [1.54, 1.807) is 12.3 Å². The Labute approximate surface area is 185 Å². The molecule has 0 unspecified atom stereocenters. The molecule has 0 aliphatic heterocycles. The highest BCUT2D eigenvalue weighted by Gasteiger charge is 2.11. The van der Waals surface area contributed by atoms with Gasteiger partial charge in [-0.2, -0.15) is 10.2 Å². The van der Waals surface area contributed by atoms with Crippen molar-refractivity contribution < 1.29 is 4.79 Å². The fourth-order valence-electron chi connectivity index (χ4n) is 3.06. The number of carbonyl (C=O) groups excluding carboxylic acids is 1. The maximum absolute atomic E-state index is 12.7. The number of rotatable bonds is 6. The zero-order valence-electron chi connectivity index (χ0n) is 16.8. The van der Waals surface area contributed by atoms with Crippen molar-refractivity contribution in [1.29, 1.82) is 0 Å². The molecule has 7 heteroatoms. The van der Waals surface area contributed by atoms with Gasteiger partial charge < -0.3 is 10.6 Å². The molecule has 154 valence electrons. The molecule has 4 rings (SSSR count). The van der Waals surface area contributed by atoms with E-state index < -0.39 is 0 Å². The van der Waals surface area contributed by atoms with Gasteiger partial charge in [0.25, 0.3) is 5.91 Å². The van der Waals surface area contributed by atoms with Crippen LogP contribution in [0.2, 0.25) is 5.02 Å². The van der Waals surface area contributed by atoms with Crippen molar-refractivity contribution in [3.63, 3.8) is 0 Å². The third-order valence-corrected chi connectivity index (χ3v) is 4.95. The number of hydrogen-bond donors (Lipinski definition) is 2. The van der Waals surface area contributed by atoms with Crippen LogP contribution in [0, 0.1) is 6.92 Å². The zero-order chi connectivity index (χ0) is 21.6. The lowest BCUT2D eigenvalue weighted by Crippen LogP contribution is -2.13. The summed E-state index contributed by atoms with van der Waals surface area (Å²) in [6.45, 7) is 2.57. The van der Waals surface area contributed by atoms with Crippen molar-refractivity contribution >= 4 is 29.0 Å². The van der Waals surface area contributed by atoms with Crippen molar-refractivity contribution in [1.82, 2.24) is 15.2 Å². The Kier molecular flexibility index (Phi) is 6.19. The quantitative estimate of drug-likeness (QED) is 0.431. The Morgan fingerprint density at radius 3 is 2.52 bits per heavy atom. The number of pyridine rings is 1. The number of anilines is 2. The molecule has 2 heterocycles. The average Bonchev–Trinajstić information content (AvgIpc) is 2.80. The average molecular weight is 430 g/mol. The second kappa shape index (κ2) is 9.36. The molecule has 0 spiro atoms. The maximum atomic E-state index is 12.7. The third kappa shape index (κ3) is 5.24. The van der Waals surface area contributed by atoms with Crippen molar-refractivity contribution in [3.05, 3.63) is 101 Å². The van der Waals surface area contributed by atoms with Gasteiger partial charge in [-0.25, -0.2) is 4.98 Å². The lowest BCUT2D eigenvalue weighted by atomic mass is 10.1. The van der Waals surface area contributed by atoms with Crippen LogP contribution in [0.15, 0.2) is 79.1 Å². The summed E-state index contributed by atoms with van der Waals surface area (Å²) in [5.74, 6) is 0.486. The second-order valence-electron chi connectivity index (χ2n) is 7.02. The van der Waals surface area contributed by atoms with E-state index in [0.29, 0.717) is 28.5 Å². The van der Waals surface area contributed by atoms with Crippen LogP contribution in [0.25, 0.3) is 11.3 Å². The van der Waals surface area contributed by atoms with Gasteiger partial charge in [0.15, 0.2) is 0 Å². The fraction of sp³-hybridized carbons (Fsp3) is 0.0833. The molecule has 2 aromatic heterocycles. The largest absolute Gasteiger partial charge is 0.366 e. The molecule has 2 N–H and O–H groups in total. The van der Waals surface area contributed by atoms with E-state index in [4.69, 9.17) is 11.6 Å². The van der Waals surface area contributed by atoms with Crippen LogP contribution in [0.3, 0.4) is 0 Å². The highest BCUT2D eigenvalue weighted by molar-refractivity contribution is 6.30. The molecule has 1 amide bonds. The Balaban J connectivity index is 1.43. The summed E-state index contributed by atoms with van der Waals surface area (Å²) >= 11 is 5.92. The Morgan fingerprint density at radius 1 is 1.00 bits per heavy atom. The van der Waals surface area contributed by atoms with Crippen molar-refractivity contribution in [2.75, 3.05) is 10.6 Å². The number of aryl methyl sites for hydroxylation is 1. The van der Waals surface area contributed by atoms with Crippen molar-refractivity contribution in [2.24, 2.45) is 0 Å². The lowest BCUT2D eigenvalue weighted by Gasteiger charge is -2.11. The first-order chi connectivity index (χ1) is 15.1. The number of benzene rings is 2. The molecule has 31 heavy (non-hydrogen) atoms. The van der Waals surface area contributed by atoms with Gasteiger partial charge in [-0.05, 0) is 42.3 Å². The van der Waals surface area contributed by atoms with E-state index in [0.717, 1.165) is 22.5 Å². The molecule has 0 fully saturated rings. The first-order valence-corrected chi connectivity index (χ1v) is 10.1. The summed E-state index contributed by atoms with van der Waals surface area (Å²) in [5.41, 5.74) is 4.60. The standard InChI is InChI=1S/C24H20ClN5O/c1-16-11-21(15-27-23(16)26-13-17-7-9-20(25)10-8-17)29-24(31)19-12-22(30-28-14-19)18-5-3-2-4-6-18/h2-12,14-15H,13H2,1H3,(H,26,27)(H,29,31). The van der Waals surface area contributed by atoms with Gasteiger partial charge in [0.2, 0.25) is 0 Å². The van der Waals surface area contributed by atoms with E-state index >= 15 is 0 Å². The Hall–Kier alpha value is -3.77. The van der Waals surface area contributed by atoms with Gasteiger partial charge in [0, 0.05) is 17.1 Å². The predicted molar refractivity (Wildman–Crippen MR) is 123 cm³/mol. The zero-order valence-corrected chi connectivity index (χ0v) is 17.6. The number of aromatic nitrogens is 3. The molecule has 0 atom stereocenters. The minimum absolute atomic E-state index is 0.268. The van der Waals surface area contributed by atoms with E-state index in [1.807, 2.05) is 67.6 Å². The summed E-state index contributed by atoms with van der Waals surface area (Å²) in [7, 11) is 0. The van der Waals surface area contributed by atoms with Crippen molar-refractivity contribution in [2.45, 2.75) is 13.5 Å². The molecular weight excluding hydrogens is 410 g/mol. The first kappa shape index (κ1) is 20.5. The molecule has 0 radical (unpaired) electrons. The van der Waals surface area contributed by atoms with Crippen LogP contribution < -0.4 is 10.6 Å². The predicted octanol–water partition coefficient (Wildman–Crippen LogP) is 5.36. The summed E-state index contributed by atoms with van der Waals surface area (Å²) in [6.07, 6.45) is 3.08. The molecule has 0 bridgehead atoms. The van der Waals surface area contributed by atoms with Gasteiger partial charge in [-0.1, -0.05) is 54.1 Å². The number of nitrogens with one attached hydrogen (secondary N) is 2. The summed E-state index contributed by atoms with van der Waals surface area (Å²) < 4.78 is 0. The van der Waals surface area contributed by atoms with E-state index in [1.165, 1.54) is 6.20 Å². The lowest BCUT2D eigenvalue weighted by molar-refractivity contribution is 0.102. The van der Waals surface area contributed by atoms with Gasteiger partial charge in [0.05, 0.1) is 29.3 Å². The SMILES string of the molecule is Cc1cc(NC(=O)c2cnnc(-c3ccccc3)c2)cnc1NCc1ccc(Cl)cc1. The summed E-state index contributed by atoms with van der Waals surface area (Å²) in [5, 5.41) is 15.0. The van der Waals surface area contributed by atoms with Crippen molar-refractivity contribution in [3.8, 4) is 11.3 Å². The minimum Gasteiger partial charge on any atom is -0.366 e. The molecule has 0 saturated carbocycles. The minimum atomic E-state index is -0.268. The highest BCUT2D eigenvalue weighted by Crippen LogP contribution is 2.20. The topological polar surface area (TPSA) is 79.8 Å². The second-order valence-corrected chi connectivity index (χ2v) is 7.46. The van der Waals surface area contributed by atoms with E-state index in [2.05, 4.69) is 25.8 Å². The van der Waals surface area contributed by atoms with Gasteiger partial charge >= 0.3 is 0 Å². The van der Waals surface area contributed by atoms with Crippen LogP contribution >= 0.6 is 11.6 Å². The van der Waals surface area contributed by atoms with Gasteiger partial charge in [-0.15, -0.1) is 0 Å². The Morgan fingerprint density at radius 2 is 1.77 bits per heavy atom. The molecule has 6 nitrogen and oxygen atoms in total. The number of amides is 1. The normalized spacial score (nSPS) is 10.5. The molecule has 4 aromatic rings. The summed E-state index contributed by atoms with van der Waals surface area (Å²) in [4.78, 5) is 17.1. The van der Waals surface area contributed by atoms with Gasteiger partial charge in [-0.3, -0.25) is 4.79 Å². The maximum Gasteiger partial charge on any atom is 0.257 e. The fourth-order valence-corrected chi connectivity index (χ4v) is 3.19. The van der Waals surface area contributed by atoms with Gasteiger partial charge in [0.1, 0.15) is 5.82 Å². The smallest absolute Gasteiger partial charge is 0.257 e. The van der Waals surface area contributed by atoms with Crippen LogP contribution in [-0.4, -0.2) is 21.1 Å². The van der Waals surface area contributed by atoms with Crippen LogP contribution in [0.1, 0.15) is 21.5 Å². The van der Waals surface area contributed by atoms with E-state index in [-0.39, 0.29) is 5.91 Å². The van der Waals surface area contributed by atoms with Crippen LogP contribution in [0.5, 0.6) is 0 Å². The molecule has 2 aromatic carbocycles. The first-order valence-electron chi connectivity index (χ1n) is 9.73. The van der Waals surface area contributed by atoms with Crippen LogP contribution in [0.4, 0.5) is 11.5 Å². The molecule has 0 saturated heterocycles. The number of carbonyl (C=O) groups is 1. The number of halogens is 1. The Bertz CT molecular complexity index is 1200.